The lowest BCUT2D eigenvalue weighted by molar-refractivity contribution is 0.109. The van der Waals surface area contributed by atoms with E-state index in [4.69, 9.17) is 0 Å². The number of hydrogen-bond donors (Lipinski definition) is 2. The fraction of sp³-hybridized carbons (Fsp3) is 0.750. The van der Waals surface area contributed by atoms with Gasteiger partial charge in [0, 0.05) is 43.1 Å². The highest BCUT2D eigenvalue weighted by molar-refractivity contribution is 5.30. The van der Waals surface area contributed by atoms with Crippen LogP contribution < -0.4 is 10.2 Å². The number of anilines is 1. The van der Waals surface area contributed by atoms with Gasteiger partial charge < -0.3 is 15.3 Å². The average Bonchev–Trinajstić information content (AvgIpc) is 2.45. The molecule has 1 aromatic heterocycles. The Bertz CT molecular complexity index is 431. The summed E-state index contributed by atoms with van der Waals surface area (Å²) >= 11 is 0. The van der Waals surface area contributed by atoms with Crippen LogP contribution in [-0.4, -0.2) is 39.8 Å². The summed E-state index contributed by atoms with van der Waals surface area (Å²) in [5.41, 5.74) is 1.20. The van der Waals surface area contributed by atoms with Crippen LogP contribution in [0, 0.1) is 5.92 Å². The van der Waals surface area contributed by atoms with Gasteiger partial charge in [0.15, 0.2) is 0 Å². The first-order valence-corrected chi connectivity index (χ1v) is 7.84. The standard InChI is InChI=1S/C16H28N4O/c1-12(21)14-5-7-20(8-6-14)15-17-9-13(10-18-15)11-19-16(2,3)4/h9-10,12,14,19,21H,5-8,11H2,1-4H3. The molecule has 21 heavy (non-hydrogen) atoms. The van der Waals surface area contributed by atoms with Crippen molar-refractivity contribution in [2.75, 3.05) is 18.0 Å². The van der Waals surface area contributed by atoms with Gasteiger partial charge in [-0.25, -0.2) is 9.97 Å². The van der Waals surface area contributed by atoms with Crippen LogP contribution in [0.1, 0.15) is 46.1 Å². The van der Waals surface area contributed by atoms with Gasteiger partial charge >= 0.3 is 0 Å². The average molecular weight is 292 g/mol. The molecule has 0 saturated carbocycles. The van der Waals surface area contributed by atoms with Crippen molar-refractivity contribution in [2.45, 2.75) is 58.7 Å². The maximum atomic E-state index is 9.64. The molecule has 2 heterocycles. The molecular formula is C16H28N4O. The molecule has 2 rings (SSSR count). The number of rotatable bonds is 4. The molecule has 0 aliphatic carbocycles. The molecule has 2 N–H and O–H groups in total. The predicted octanol–water partition coefficient (Wildman–Crippen LogP) is 1.96. The maximum Gasteiger partial charge on any atom is 0.225 e. The van der Waals surface area contributed by atoms with E-state index >= 15 is 0 Å². The summed E-state index contributed by atoms with van der Waals surface area (Å²) in [4.78, 5) is 11.2. The van der Waals surface area contributed by atoms with Crippen LogP contribution in [0.25, 0.3) is 0 Å². The molecule has 1 saturated heterocycles. The van der Waals surface area contributed by atoms with Gasteiger partial charge in [0.25, 0.3) is 0 Å². The van der Waals surface area contributed by atoms with Gasteiger partial charge in [-0.15, -0.1) is 0 Å². The summed E-state index contributed by atoms with van der Waals surface area (Å²) in [5, 5.41) is 13.1. The summed E-state index contributed by atoms with van der Waals surface area (Å²) in [5.74, 6) is 1.22. The summed E-state index contributed by atoms with van der Waals surface area (Å²) in [7, 11) is 0. The van der Waals surface area contributed by atoms with Gasteiger partial charge in [0.1, 0.15) is 0 Å². The third-order valence-corrected chi connectivity index (χ3v) is 4.02. The molecule has 0 bridgehead atoms. The lowest BCUT2D eigenvalue weighted by Gasteiger charge is -2.33. The number of nitrogens with zero attached hydrogens (tertiary/aromatic N) is 3. The van der Waals surface area contributed by atoms with Gasteiger partial charge in [-0.3, -0.25) is 0 Å². The number of hydrogen-bond acceptors (Lipinski definition) is 5. The normalized spacial score (nSPS) is 18.8. The Hall–Kier alpha value is -1.20. The molecule has 1 atom stereocenters. The molecule has 0 aromatic carbocycles. The van der Waals surface area contributed by atoms with Crippen LogP contribution in [0.15, 0.2) is 12.4 Å². The number of aromatic nitrogens is 2. The predicted molar refractivity (Wildman–Crippen MR) is 85.2 cm³/mol. The molecule has 5 heteroatoms. The van der Waals surface area contributed by atoms with Crippen molar-refractivity contribution >= 4 is 5.95 Å². The van der Waals surface area contributed by atoms with Gasteiger partial charge in [-0.2, -0.15) is 0 Å². The molecule has 1 aliphatic rings. The Balaban J connectivity index is 1.88. The Kier molecular flexibility index (Phi) is 5.17. The van der Waals surface area contributed by atoms with E-state index in [1.165, 1.54) is 0 Å². The maximum absolute atomic E-state index is 9.64. The summed E-state index contributed by atoms with van der Waals surface area (Å²) in [6, 6.07) is 0. The molecule has 118 valence electrons. The first-order valence-electron chi connectivity index (χ1n) is 7.84. The molecule has 1 aromatic rings. The van der Waals surface area contributed by atoms with E-state index in [9.17, 15) is 5.11 Å². The smallest absolute Gasteiger partial charge is 0.225 e. The zero-order valence-electron chi connectivity index (χ0n) is 13.6. The Labute approximate surface area is 127 Å². The van der Waals surface area contributed by atoms with Crippen molar-refractivity contribution < 1.29 is 5.11 Å². The third kappa shape index (κ3) is 4.93. The second-order valence-corrected chi connectivity index (χ2v) is 7.06. The van der Waals surface area contributed by atoms with E-state index < -0.39 is 0 Å². The Morgan fingerprint density at radius 3 is 2.33 bits per heavy atom. The van der Waals surface area contributed by atoms with Crippen LogP contribution in [-0.2, 0) is 6.54 Å². The van der Waals surface area contributed by atoms with Gasteiger partial charge in [0.2, 0.25) is 5.95 Å². The van der Waals surface area contributed by atoms with Crippen molar-refractivity contribution in [1.82, 2.24) is 15.3 Å². The van der Waals surface area contributed by atoms with Crippen LogP contribution in [0.2, 0.25) is 0 Å². The minimum absolute atomic E-state index is 0.0988. The lowest BCUT2D eigenvalue weighted by atomic mass is 9.92. The van der Waals surface area contributed by atoms with Crippen molar-refractivity contribution in [3.05, 3.63) is 18.0 Å². The first-order chi connectivity index (χ1) is 9.85. The fourth-order valence-corrected chi connectivity index (χ4v) is 2.55. The minimum Gasteiger partial charge on any atom is -0.393 e. The van der Waals surface area contributed by atoms with Crippen LogP contribution in [0.4, 0.5) is 5.95 Å². The molecule has 1 fully saturated rings. The van der Waals surface area contributed by atoms with Crippen LogP contribution in [0.3, 0.4) is 0 Å². The van der Waals surface area contributed by atoms with Crippen molar-refractivity contribution in [1.29, 1.82) is 0 Å². The largest absolute Gasteiger partial charge is 0.393 e. The zero-order chi connectivity index (χ0) is 15.5. The molecular weight excluding hydrogens is 264 g/mol. The SMILES string of the molecule is CC(O)C1CCN(c2ncc(CNC(C)(C)C)cn2)CC1. The van der Waals surface area contributed by atoms with Gasteiger partial charge in [-0.05, 0) is 46.5 Å². The van der Waals surface area contributed by atoms with E-state index in [2.05, 4.69) is 41.0 Å². The molecule has 0 amide bonds. The molecule has 1 aliphatic heterocycles. The second kappa shape index (κ2) is 6.71. The molecule has 5 nitrogen and oxygen atoms in total. The van der Waals surface area contributed by atoms with E-state index in [0.717, 1.165) is 44.0 Å². The summed E-state index contributed by atoms with van der Waals surface area (Å²) in [6.07, 6.45) is 5.62. The topological polar surface area (TPSA) is 61.3 Å². The monoisotopic (exact) mass is 292 g/mol. The number of piperidine rings is 1. The van der Waals surface area contributed by atoms with E-state index in [1.54, 1.807) is 0 Å². The van der Waals surface area contributed by atoms with Crippen molar-refractivity contribution in [3.63, 3.8) is 0 Å². The summed E-state index contributed by atoms with van der Waals surface area (Å²) < 4.78 is 0. The Morgan fingerprint density at radius 2 is 1.86 bits per heavy atom. The van der Waals surface area contributed by atoms with Gasteiger partial charge in [0.05, 0.1) is 6.10 Å². The highest BCUT2D eigenvalue weighted by Crippen LogP contribution is 2.22. The molecule has 0 spiro atoms. The number of aliphatic hydroxyl groups excluding tert-OH is 1. The fourth-order valence-electron chi connectivity index (χ4n) is 2.55. The van der Waals surface area contributed by atoms with E-state index in [0.29, 0.717) is 5.92 Å². The zero-order valence-corrected chi connectivity index (χ0v) is 13.6. The van der Waals surface area contributed by atoms with Gasteiger partial charge in [-0.1, -0.05) is 0 Å². The first kappa shape index (κ1) is 16.2. The third-order valence-electron chi connectivity index (χ3n) is 4.02. The molecule has 1 unspecified atom stereocenters. The van der Waals surface area contributed by atoms with E-state index in [1.807, 2.05) is 19.3 Å². The lowest BCUT2D eigenvalue weighted by Crippen LogP contribution is -2.38. The van der Waals surface area contributed by atoms with E-state index in [-0.39, 0.29) is 11.6 Å². The highest BCUT2D eigenvalue weighted by Gasteiger charge is 2.23. The molecule has 0 radical (unpaired) electrons. The van der Waals surface area contributed by atoms with Crippen LogP contribution >= 0.6 is 0 Å². The Morgan fingerprint density at radius 1 is 1.29 bits per heavy atom. The number of nitrogens with one attached hydrogen (secondary N) is 1. The second-order valence-electron chi connectivity index (χ2n) is 7.06. The minimum atomic E-state index is -0.209. The van der Waals surface area contributed by atoms with Crippen molar-refractivity contribution in [3.8, 4) is 0 Å². The van der Waals surface area contributed by atoms with Crippen molar-refractivity contribution in [2.24, 2.45) is 5.92 Å². The van der Waals surface area contributed by atoms with Crippen LogP contribution in [0.5, 0.6) is 0 Å². The summed E-state index contributed by atoms with van der Waals surface area (Å²) in [6.45, 7) is 11.0. The number of aliphatic hydroxyl groups is 1. The highest BCUT2D eigenvalue weighted by atomic mass is 16.3. The quantitative estimate of drug-likeness (QED) is 0.888.